The number of amides is 1. The number of carbonyl (C=O) groups is 1. The quantitative estimate of drug-likeness (QED) is 0.490. The molecule has 31 heavy (non-hydrogen) atoms. The van der Waals surface area contributed by atoms with Crippen LogP contribution in [0, 0.1) is 0 Å². The van der Waals surface area contributed by atoms with Gasteiger partial charge in [0.25, 0.3) is 5.91 Å². The standard InChI is InChI=1S/C17H17F6N4O2PS/c1-9(16(18,19)20)29-12-3-2-10(30)8-11(12)13(28)26-4-6-27(7-5-26)15-25-24-14(31-15)17(21,22)23/h2-3,8-9H,4-7,30H2,1H3. The summed E-state index contributed by atoms with van der Waals surface area (Å²) in [5, 5.41) is 6.32. The molecular weight excluding hydrogens is 469 g/mol. The summed E-state index contributed by atoms with van der Waals surface area (Å²) < 4.78 is 81.7. The van der Waals surface area contributed by atoms with Crippen molar-refractivity contribution in [3.63, 3.8) is 0 Å². The molecule has 1 aliphatic rings. The number of hydrogen-bond donors (Lipinski definition) is 0. The van der Waals surface area contributed by atoms with Crippen molar-refractivity contribution in [3.05, 3.63) is 28.8 Å². The Hall–Kier alpha value is -2.14. The molecule has 1 amide bonds. The third kappa shape index (κ3) is 5.57. The van der Waals surface area contributed by atoms with Crippen molar-refractivity contribution < 1.29 is 35.9 Å². The Labute approximate surface area is 179 Å². The molecule has 14 heteroatoms. The highest BCUT2D eigenvalue weighted by Crippen LogP contribution is 2.35. The first kappa shape index (κ1) is 23.5. The first-order valence-corrected chi connectivity index (χ1v) is 10.3. The van der Waals surface area contributed by atoms with Crippen LogP contribution in [0.3, 0.4) is 0 Å². The van der Waals surface area contributed by atoms with Gasteiger partial charge in [0.05, 0.1) is 5.56 Å². The van der Waals surface area contributed by atoms with Gasteiger partial charge >= 0.3 is 12.4 Å². The summed E-state index contributed by atoms with van der Waals surface area (Å²) in [4.78, 5) is 15.9. The first-order valence-electron chi connectivity index (χ1n) is 8.94. The lowest BCUT2D eigenvalue weighted by Crippen LogP contribution is -2.49. The Morgan fingerprint density at radius 2 is 1.77 bits per heavy atom. The third-order valence-electron chi connectivity index (χ3n) is 4.49. The first-order chi connectivity index (χ1) is 14.4. The van der Waals surface area contributed by atoms with Gasteiger partial charge in [-0.1, -0.05) is 17.4 Å². The molecule has 2 unspecified atom stereocenters. The van der Waals surface area contributed by atoms with E-state index < -0.39 is 29.4 Å². The Balaban J connectivity index is 1.71. The van der Waals surface area contributed by atoms with E-state index in [0.717, 1.165) is 6.92 Å². The monoisotopic (exact) mass is 486 g/mol. The van der Waals surface area contributed by atoms with Crippen LogP contribution in [0.2, 0.25) is 0 Å². The molecule has 3 rings (SSSR count). The van der Waals surface area contributed by atoms with E-state index in [-0.39, 0.29) is 42.6 Å². The van der Waals surface area contributed by atoms with E-state index in [2.05, 4.69) is 19.4 Å². The number of aromatic nitrogens is 2. The van der Waals surface area contributed by atoms with E-state index in [9.17, 15) is 31.1 Å². The number of alkyl halides is 6. The minimum Gasteiger partial charge on any atom is -0.480 e. The number of benzene rings is 1. The predicted octanol–water partition coefficient (Wildman–Crippen LogP) is 3.35. The number of anilines is 1. The van der Waals surface area contributed by atoms with Crippen LogP contribution in [-0.2, 0) is 6.18 Å². The summed E-state index contributed by atoms with van der Waals surface area (Å²) in [7, 11) is 2.36. The van der Waals surface area contributed by atoms with Crippen molar-refractivity contribution in [3.8, 4) is 5.75 Å². The minimum absolute atomic E-state index is 0.0210. The van der Waals surface area contributed by atoms with Crippen molar-refractivity contribution in [1.82, 2.24) is 15.1 Å². The molecule has 0 aliphatic carbocycles. The molecule has 6 nitrogen and oxygen atoms in total. The molecule has 0 N–H and O–H groups in total. The van der Waals surface area contributed by atoms with Crippen molar-refractivity contribution in [1.29, 1.82) is 0 Å². The predicted molar refractivity (Wildman–Crippen MR) is 105 cm³/mol. The smallest absolute Gasteiger partial charge is 0.445 e. The van der Waals surface area contributed by atoms with Crippen molar-refractivity contribution >= 4 is 36.9 Å². The Morgan fingerprint density at radius 1 is 1.13 bits per heavy atom. The zero-order valence-electron chi connectivity index (χ0n) is 16.0. The lowest BCUT2D eigenvalue weighted by Gasteiger charge is -2.34. The van der Waals surface area contributed by atoms with Crippen LogP contribution < -0.4 is 14.9 Å². The number of carbonyl (C=O) groups excluding carboxylic acids is 1. The average Bonchev–Trinajstić information content (AvgIpc) is 3.19. The van der Waals surface area contributed by atoms with E-state index in [0.29, 0.717) is 16.6 Å². The summed E-state index contributed by atoms with van der Waals surface area (Å²) in [6, 6.07) is 4.22. The van der Waals surface area contributed by atoms with Crippen LogP contribution in [0.4, 0.5) is 31.5 Å². The van der Waals surface area contributed by atoms with Crippen LogP contribution in [-0.4, -0.2) is 59.5 Å². The Kier molecular flexibility index (Phi) is 6.66. The molecule has 0 radical (unpaired) electrons. The molecule has 0 bridgehead atoms. The summed E-state index contributed by atoms with van der Waals surface area (Å²) in [6.07, 6.45) is -11.3. The lowest BCUT2D eigenvalue weighted by molar-refractivity contribution is -0.189. The van der Waals surface area contributed by atoms with Gasteiger partial charge in [0.15, 0.2) is 6.10 Å². The van der Waals surface area contributed by atoms with Crippen LogP contribution >= 0.6 is 20.6 Å². The van der Waals surface area contributed by atoms with Crippen LogP contribution in [0.25, 0.3) is 0 Å². The van der Waals surface area contributed by atoms with Gasteiger partial charge in [-0.25, -0.2) is 0 Å². The largest absolute Gasteiger partial charge is 0.480 e. The number of ether oxygens (including phenoxy) is 1. The number of nitrogens with zero attached hydrogens (tertiary/aromatic N) is 4. The maximum absolute atomic E-state index is 12.9. The SMILES string of the molecule is CC(Oc1ccc(P)cc1C(=O)N1CCN(c2nnc(C(F)(F)F)s2)CC1)C(F)(F)F. The maximum atomic E-state index is 12.9. The van der Waals surface area contributed by atoms with Crippen LogP contribution in [0.15, 0.2) is 18.2 Å². The van der Waals surface area contributed by atoms with Crippen molar-refractivity contribution in [2.45, 2.75) is 25.4 Å². The van der Waals surface area contributed by atoms with Gasteiger partial charge < -0.3 is 14.5 Å². The molecule has 2 heterocycles. The summed E-state index contributed by atoms with van der Waals surface area (Å²) in [5.41, 5.74) is -0.0210. The summed E-state index contributed by atoms with van der Waals surface area (Å²) in [6.45, 7) is 1.55. The van der Waals surface area contributed by atoms with Gasteiger partial charge in [0.1, 0.15) is 5.75 Å². The normalized spacial score (nSPS) is 16.4. The van der Waals surface area contributed by atoms with E-state index in [4.69, 9.17) is 4.74 Å². The molecule has 1 fully saturated rings. The third-order valence-corrected chi connectivity index (χ3v) is 5.88. The molecule has 1 aliphatic heterocycles. The van der Waals surface area contributed by atoms with E-state index in [1.165, 1.54) is 23.1 Å². The molecule has 1 saturated heterocycles. The van der Waals surface area contributed by atoms with Gasteiger partial charge in [-0.2, -0.15) is 26.3 Å². The molecule has 2 aromatic rings. The fraction of sp³-hybridized carbons (Fsp3) is 0.471. The van der Waals surface area contributed by atoms with Crippen LogP contribution in [0.5, 0.6) is 5.75 Å². The number of halogens is 6. The highest BCUT2D eigenvalue weighted by Gasteiger charge is 2.39. The molecule has 2 atom stereocenters. The highest BCUT2D eigenvalue weighted by molar-refractivity contribution is 7.27. The van der Waals surface area contributed by atoms with Gasteiger partial charge in [-0.3, -0.25) is 4.79 Å². The van der Waals surface area contributed by atoms with Gasteiger partial charge in [0.2, 0.25) is 10.1 Å². The lowest BCUT2D eigenvalue weighted by atomic mass is 10.1. The zero-order valence-corrected chi connectivity index (χ0v) is 18.0. The van der Waals surface area contributed by atoms with E-state index in [1.807, 2.05) is 0 Å². The van der Waals surface area contributed by atoms with Crippen molar-refractivity contribution in [2.24, 2.45) is 0 Å². The van der Waals surface area contributed by atoms with E-state index in [1.54, 1.807) is 4.90 Å². The highest BCUT2D eigenvalue weighted by atomic mass is 32.1. The fourth-order valence-corrected chi connectivity index (χ4v) is 3.83. The van der Waals surface area contributed by atoms with E-state index >= 15 is 0 Å². The summed E-state index contributed by atoms with van der Waals surface area (Å²) in [5.74, 6) is -0.719. The summed E-state index contributed by atoms with van der Waals surface area (Å²) >= 11 is 0.412. The molecule has 1 aromatic heterocycles. The number of piperazine rings is 1. The number of rotatable bonds is 4. The fourth-order valence-electron chi connectivity index (χ4n) is 2.80. The molecule has 0 saturated carbocycles. The van der Waals surface area contributed by atoms with Gasteiger partial charge in [0, 0.05) is 26.2 Å². The molecule has 1 aromatic carbocycles. The molecular formula is C17H17F6N4O2PS. The van der Waals surface area contributed by atoms with Gasteiger partial charge in [-0.05, 0) is 24.4 Å². The minimum atomic E-state index is -4.59. The molecule has 170 valence electrons. The van der Waals surface area contributed by atoms with Crippen LogP contribution in [0.1, 0.15) is 22.3 Å². The van der Waals surface area contributed by atoms with Gasteiger partial charge in [-0.15, -0.1) is 19.4 Å². The van der Waals surface area contributed by atoms with Crippen molar-refractivity contribution in [2.75, 3.05) is 31.1 Å². The molecule has 0 spiro atoms. The average molecular weight is 486 g/mol. The Morgan fingerprint density at radius 3 is 2.32 bits per heavy atom. The Bertz CT molecular complexity index is 943. The zero-order chi connectivity index (χ0) is 23.0. The second-order valence-electron chi connectivity index (χ2n) is 6.72. The maximum Gasteiger partial charge on any atom is 0.445 e. The topological polar surface area (TPSA) is 58.6 Å². The second kappa shape index (κ2) is 8.78. The second-order valence-corrected chi connectivity index (χ2v) is 8.35. The number of hydrogen-bond acceptors (Lipinski definition) is 6.